The molecule has 5 heteroatoms. The van der Waals surface area contributed by atoms with Gasteiger partial charge in [-0.25, -0.2) is 9.59 Å². The molecular formula is C11H18N2O3. The molecule has 16 heavy (non-hydrogen) atoms. The van der Waals surface area contributed by atoms with Gasteiger partial charge in [0.15, 0.2) is 0 Å². The van der Waals surface area contributed by atoms with Gasteiger partial charge in [0, 0.05) is 12.7 Å². The second-order valence-electron chi connectivity index (χ2n) is 3.72. The molecule has 1 aliphatic heterocycles. The van der Waals surface area contributed by atoms with Crippen molar-refractivity contribution in [1.82, 2.24) is 10.2 Å². The van der Waals surface area contributed by atoms with Crippen molar-refractivity contribution in [2.45, 2.75) is 33.2 Å². The van der Waals surface area contributed by atoms with Gasteiger partial charge in [0.05, 0.1) is 18.2 Å². The summed E-state index contributed by atoms with van der Waals surface area (Å²) in [7, 11) is 1.68. The molecule has 1 atom stereocenters. The first-order valence-electron chi connectivity index (χ1n) is 5.44. The maximum Gasteiger partial charge on any atom is 0.337 e. The lowest BCUT2D eigenvalue weighted by Gasteiger charge is -2.34. The number of ether oxygens (including phenoxy) is 1. The van der Waals surface area contributed by atoms with Crippen molar-refractivity contribution in [1.29, 1.82) is 0 Å². The first-order valence-corrected chi connectivity index (χ1v) is 5.44. The molecule has 2 amide bonds. The Hall–Kier alpha value is -1.52. The number of carbonyl (C=O) groups is 2. The summed E-state index contributed by atoms with van der Waals surface area (Å²) in [4.78, 5) is 24.8. The van der Waals surface area contributed by atoms with Gasteiger partial charge in [0.25, 0.3) is 0 Å². The molecule has 0 fully saturated rings. The molecule has 0 radical (unpaired) electrons. The van der Waals surface area contributed by atoms with E-state index in [1.165, 1.54) is 4.90 Å². The molecule has 0 bridgehead atoms. The number of carbonyl (C=O) groups excluding carboxylic acids is 2. The molecule has 0 aromatic rings. The molecule has 1 N–H and O–H groups in total. The first-order chi connectivity index (χ1) is 7.52. The lowest BCUT2D eigenvalue weighted by atomic mass is 9.99. The predicted octanol–water partition coefficient (Wildman–Crippen LogP) is 1.26. The van der Waals surface area contributed by atoms with Crippen LogP contribution >= 0.6 is 0 Å². The van der Waals surface area contributed by atoms with Crippen molar-refractivity contribution >= 4 is 12.0 Å². The average molecular weight is 226 g/mol. The Labute approximate surface area is 95.4 Å². The summed E-state index contributed by atoms with van der Waals surface area (Å²) in [6.07, 6.45) is 0.690. The normalized spacial score (nSPS) is 20.9. The Kier molecular flexibility index (Phi) is 3.93. The fourth-order valence-electron chi connectivity index (χ4n) is 1.88. The van der Waals surface area contributed by atoms with Crippen LogP contribution in [0.5, 0.6) is 0 Å². The molecule has 1 aliphatic rings. The van der Waals surface area contributed by atoms with E-state index in [0.29, 0.717) is 24.3 Å². The van der Waals surface area contributed by atoms with Crippen LogP contribution in [-0.4, -0.2) is 36.6 Å². The van der Waals surface area contributed by atoms with Crippen LogP contribution < -0.4 is 5.32 Å². The van der Waals surface area contributed by atoms with Gasteiger partial charge in [-0.15, -0.1) is 0 Å². The maximum absolute atomic E-state index is 11.8. The highest BCUT2D eigenvalue weighted by molar-refractivity contribution is 5.94. The van der Waals surface area contributed by atoms with Crippen LogP contribution in [0, 0.1) is 0 Å². The van der Waals surface area contributed by atoms with E-state index in [-0.39, 0.29) is 18.0 Å². The third kappa shape index (κ3) is 2.18. The minimum absolute atomic E-state index is 0.183. The van der Waals surface area contributed by atoms with Gasteiger partial charge in [-0.2, -0.15) is 0 Å². The molecule has 0 saturated heterocycles. The number of urea groups is 1. The monoisotopic (exact) mass is 226 g/mol. The molecular weight excluding hydrogens is 208 g/mol. The topological polar surface area (TPSA) is 58.6 Å². The number of likely N-dealkylation sites (N-methyl/N-ethyl adjacent to an activating group) is 1. The van der Waals surface area contributed by atoms with Crippen LogP contribution in [0.15, 0.2) is 11.3 Å². The molecule has 5 nitrogen and oxygen atoms in total. The minimum atomic E-state index is -0.348. The van der Waals surface area contributed by atoms with Crippen molar-refractivity contribution in [3.8, 4) is 0 Å². The Bertz CT molecular complexity index is 336. The van der Waals surface area contributed by atoms with E-state index in [4.69, 9.17) is 4.74 Å². The summed E-state index contributed by atoms with van der Waals surface area (Å²) < 4.78 is 4.99. The van der Waals surface area contributed by atoms with E-state index in [2.05, 4.69) is 5.32 Å². The Morgan fingerprint density at radius 2 is 2.12 bits per heavy atom. The van der Waals surface area contributed by atoms with Crippen molar-refractivity contribution in [2.75, 3.05) is 13.7 Å². The summed E-state index contributed by atoms with van der Waals surface area (Å²) in [6.45, 7) is 5.76. The van der Waals surface area contributed by atoms with Crippen LogP contribution in [0.3, 0.4) is 0 Å². The van der Waals surface area contributed by atoms with Crippen LogP contribution in [0.2, 0.25) is 0 Å². The predicted molar refractivity (Wildman–Crippen MR) is 59.7 cm³/mol. The summed E-state index contributed by atoms with van der Waals surface area (Å²) >= 11 is 0. The van der Waals surface area contributed by atoms with Crippen LogP contribution in [0.25, 0.3) is 0 Å². The summed E-state index contributed by atoms with van der Waals surface area (Å²) in [5, 5.41) is 2.65. The van der Waals surface area contributed by atoms with Gasteiger partial charge in [-0.1, -0.05) is 6.92 Å². The van der Waals surface area contributed by atoms with Crippen molar-refractivity contribution in [3.63, 3.8) is 0 Å². The first kappa shape index (κ1) is 12.5. The second-order valence-corrected chi connectivity index (χ2v) is 3.72. The van der Waals surface area contributed by atoms with Crippen molar-refractivity contribution in [2.24, 2.45) is 0 Å². The van der Waals surface area contributed by atoms with Crippen molar-refractivity contribution < 1.29 is 14.3 Å². The third-order valence-electron chi connectivity index (χ3n) is 2.70. The summed E-state index contributed by atoms with van der Waals surface area (Å²) in [6, 6.07) is -0.384. The van der Waals surface area contributed by atoms with Crippen LogP contribution in [0.1, 0.15) is 27.2 Å². The zero-order valence-electron chi connectivity index (χ0n) is 10.2. The molecule has 0 aliphatic carbocycles. The fraction of sp³-hybridized carbons (Fsp3) is 0.636. The molecule has 0 spiro atoms. The van der Waals surface area contributed by atoms with E-state index in [9.17, 15) is 9.59 Å². The minimum Gasteiger partial charge on any atom is -0.463 e. The van der Waals surface area contributed by atoms with Crippen LogP contribution in [-0.2, 0) is 9.53 Å². The van der Waals surface area contributed by atoms with Gasteiger partial charge in [-0.3, -0.25) is 0 Å². The quantitative estimate of drug-likeness (QED) is 0.737. The van der Waals surface area contributed by atoms with Gasteiger partial charge in [0.1, 0.15) is 0 Å². The largest absolute Gasteiger partial charge is 0.463 e. The molecule has 0 aromatic heterocycles. The number of hydrogen-bond donors (Lipinski definition) is 1. The number of hydrogen-bond acceptors (Lipinski definition) is 3. The van der Waals surface area contributed by atoms with Crippen LogP contribution in [0.4, 0.5) is 4.79 Å². The highest BCUT2D eigenvalue weighted by Crippen LogP contribution is 2.21. The van der Waals surface area contributed by atoms with E-state index in [1.54, 1.807) is 20.9 Å². The zero-order chi connectivity index (χ0) is 12.3. The number of nitrogens with one attached hydrogen (secondary N) is 1. The van der Waals surface area contributed by atoms with Gasteiger partial charge in [-0.05, 0) is 20.3 Å². The molecule has 1 rings (SSSR count). The summed E-state index contributed by atoms with van der Waals surface area (Å²) in [5.41, 5.74) is 1.14. The van der Waals surface area contributed by atoms with E-state index in [1.807, 2.05) is 6.92 Å². The Balaban J connectivity index is 3.05. The standard InChI is InChI=1S/C11H18N2O3/c1-5-8-9(10(14)16-6-2)7(3)12-11(15)13(8)4/h8H,5-6H2,1-4H3,(H,12,15)/t8-/m0/s1. The van der Waals surface area contributed by atoms with E-state index < -0.39 is 0 Å². The maximum atomic E-state index is 11.8. The molecule has 0 unspecified atom stereocenters. The smallest absolute Gasteiger partial charge is 0.337 e. The third-order valence-corrected chi connectivity index (χ3v) is 2.70. The van der Waals surface area contributed by atoms with Gasteiger partial charge < -0.3 is 15.0 Å². The summed E-state index contributed by atoms with van der Waals surface area (Å²) in [5.74, 6) is -0.348. The SMILES string of the molecule is CCOC(=O)C1=C(C)NC(=O)N(C)[C@H]1CC. The van der Waals surface area contributed by atoms with E-state index in [0.717, 1.165) is 0 Å². The fourth-order valence-corrected chi connectivity index (χ4v) is 1.88. The molecule has 0 saturated carbocycles. The van der Waals surface area contributed by atoms with Gasteiger partial charge in [0.2, 0.25) is 0 Å². The van der Waals surface area contributed by atoms with Gasteiger partial charge >= 0.3 is 12.0 Å². The number of rotatable bonds is 3. The lowest BCUT2D eigenvalue weighted by molar-refractivity contribution is -0.139. The number of amides is 2. The average Bonchev–Trinajstić information content (AvgIpc) is 2.23. The highest BCUT2D eigenvalue weighted by atomic mass is 16.5. The zero-order valence-corrected chi connectivity index (χ0v) is 10.2. The van der Waals surface area contributed by atoms with E-state index >= 15 is 0 Å². The molecule has 1 heterocycles. The number of esters is 1. The molecule has 90 valence electrons. The van der Waals surface area contributed by atoms with Crippen molar-refractivity contribution in [3.05, 3.63) is 11.3 Å². The number of allylic oxidation sites excluding steroid dienone is 1. The Morgan fingerprint density at radius 1 is 1.50 bits per heavy atom. The second kappa shape index (κ2) is 5.01. The highest BCUT2D eigenvalue weighted by Gasteiger charge is 2.33. The number of nitrogens with zero attached hydrogens (tertiary/aromatic N) is 1. The Morgan fingerprint density at radius 3 is 2.62 bits per heavy atom. The molecule has 0 aromatic carbocycles. The lowest BCUT2D eigenvalue weighted by Crippen LogP contribution is -2.50.